The minimum Gasteiger partial charge on any atom is -0.829 e. The van der Waals surface area contributed by atoms with Crippen molar-refractivity contribution in [2.75, 3.05) is 51.2 Å². The van der Waals surface area contributed by atoms with Gasteiger partial charge in [-0.05, 0) is 39.3 Å². The predicted molar refractivity (Wildman–Crippen MR) is 144 cm³/mol. The number of imidazole rings is 1. The monoisotopic (exact) mass is 581 g/mol. The van der Waals surface area contributed by atoms with Gasteiger partial charge in [-0.15, -0.1) is 0 Å². The number of aliphatic hydroxyl groups is 2. The van der Waals surface area contributed by atoms with E-state index in [-0.39, 0.29) is 17.5 Å². The minimum absolute atomic E-state index is 0.109. The highest BCUT2D eigenvalue weighted by Gasteiger charge is 2.48. The Morgan fingerprint density at radius 2 is 1.56 bits per heavy atom. The number of aliphatic imine (C=N–C) groups is 1. The van der Waals surface area contributed by atoms with Crippen LogP contribution in [0.3, 0.4) is 0 Å². The van der Waals surface area contributed by atoms with Crippen LogP contribution in [0.15, 0.2) is 11.3 Å². The second-order valence-corrected chi connectivity index (χ2v) is 10.2. The molecule has 15 nitrogen and oxygen atoms in total. The fourth-order valence-electron chi connectivity index (χ4n) is 4.17. The van der Waals surface area contributed by atoms with Crippen LogP contribution in [0.1, 0.15) is 59.7 Å². The van der Waals surface area contributed by atoms with Crippen molar-refractivity contribution < 1.29 is 43.5 Å². The molecule has 2 aliphatic heterocycles. The van der Waals surface area contributed by atoms with Crippen molar-refractivity contribution in [3.05, 3.63) is 12.0 Å². The minimum atomic E-state index is -4.76. The van der Waals surface area contributed by atoms with Gasteiger partial charge in [-0.3, -0.25) is 9.09 Å². The molecule has 0 radical (unpaired) electrons. The number of nitrogens with zero attached hydrogens (tertiary/aromatic N) is 5. The number of aromatic nitrogens is 2. The lowest BCUT2D eigenvalue weighted by molar-refractivity contribution is -0.753. The van der Waals surface area contributed by atoms with Gasteiger partial charge in [0.1, 0.15) is 18.3 Å². The molecular weight excluding hydrogens is 533 g/mol. The van der Waals surface area contributed by atoms with Crippen molar-refractivity contribution in [1.29, 1.82) is 0 Å². The fourth-order valence-corrected chi connectivity index (χ4v) is 4.51. The van der Waals surface area contributed by atoms with E-state index in [0.29, 0.717) is 0 Å². The van der Waals surface area contributed by atoms with E-state index in [0.717, 1.165) is 0 Å². The van der Waals surface area contributed by atoms with Crippen LogP contribution < -0.4 is 20.7 Å². The molecule has 0 saturated carbocycles. The summed E-state index contributed by atoms with van der Waals surface area (Å²) in [5, 5.41) is 35.0. The van der Waals surface area contributed by atoms with Crippen molar-refractivity contribution >= 4 is 19.6 Å². The number of rotatable bonds is 10. The van der Waals surface area contributed by atoms with Crippen LogP contribution in [-0.4, -0.2) is 105 Å². The zero-order valence-electron chi connectivity index (χ0n) is 24.1. The molecule has 0 bridgehead atoms. The molecular formula is C23H48N7O8P. The maximum atomic E-state index is 12.1. The van der Waals surface area contributed by atoms with Gasteiger partial charge in [0.25, 0.3) is 11.8 Å². The summed E-state index contributed by atoms with van der Waals surface area (Å²) in [5.41, 5.74) is 5.80. The Balaban J connectivity index is 0.000000449. The third-order valence-electron chi connectivity index (χ3n) is 6.62. The van der Waals surface area contributed by atoms with Crippen LogP contribution in [0, 0.1) is 0 Å². The summed E-state index contributed by atoms with van der Waals surface area (Å²) in [6.07, 6.45) is -5.25. The third kappa shape index (κ3) is 10.4. The molecule has 1 saturated heterocycles. The van der Waals surface area contributed by atoms with Crippen LogP contribution in [0.5, 0.6) is 0 Å². The topological polar surface area (TPSA) is 205 Å². The van der Waals surface area contributed by atoms with Gasteiger partial charge in [-0.1, -0.05) is 41.5 Å². The average Bonchev–Trinajstić information content (AvgIpc) is 3.36. The van der Waals surface area contributed by atoms with Gasteiger partial charge in [0.15, 0.2) is 12.0 Å². The molecule has 2 aliphatic rings. The Labute approximate surface area is 231 Å². The molecule has 0 aliphatic carbocycles. The zero-order valence-corrected chi connectivity index (χ0v) is 25.0. The molecule has 5 atom stereocenters. The molecule has 1 fully saturated rings. The molecule has 7 N–H and O–H groups in total. The maximum Gasteiger partial charge on any atom is 0.469 e. The Morgan fingerprint density at radius 1 is 1.08 bits per heavy atom. The van der Waals surface area contributed by atoms with Crippen LogP contribution in [0.25, 0.3) is 0 Å². The lowest BCUT2D eigenvalue weighted by Crippen LogP contribution is -2.49. The van der Waals surface area contributed by atoms with Crippen molar-refractivity contribution in [3.63, 3.8) is 0 Å². The summed E-state index contributed by atoms with van der Waals surface area (Å²) in [7, 11) is -3.17. The number of hydrogen-bond donors (Lipinski definition) is 6. The normalized spacial score (nSPS) is 24.4. The SMILES string of the molecule is CCN(CC)CC.CCN(CC)CC.Cn1c[n+]([C@@H]2O[C@H](COP(=O)(O)O)[C@@H](O)[C@H]2O)c2c1C([O-])N=C(N)N2. The highest BCUT2D eigenvalue weighted by molar-refractivity contribution is 7.46. The first-order valence-corrected chi connectivity index (χ1v) is 14.8. The molecule has 3 heterocycles. The zero-order chi connectivity index (χ0) is 29.9. The van der Waals surface area contributed by atoms with Gasteiger partial charge < -0.3 is 45.4 Å². The van der Waals surface area contributed by atoms with E-state index in [4.69, 9.17) is 20.3 Å². The predicted octanol–water partition coefficient (Wildman–Crippen LogP) is -1.16. The number of hydrogen-bond acceptors (Lipinski definition) is 11. The molecule has 0 spiro atoms. The van der Waals surface area contributed by atoms with Gasteiger partial charge in [0.05, 0.1) is 13.7 Å². The van der Waals surface area contributed by atoms with E-state index < -0.39 is 45.2 Å². The van der Waals surface area contributed by atoms with Gasteiger partial charge in [-0.25, -0.2) is 19.4 Å². The maximum absolute atomic E-state index is 12.1. The van der Waals surface area contributed by atoms with Crippen molar-refractivity contribution in [3.8, 4) is 0 Å². The molecule has 1 aromatic heterocycles. The molecule has 0 aromatic carbocycles. The third-order valence-corrected chi connectivity index (χ3v) is 7.10. The van der Waals surface area contributed by atoms with Crippen LogP contribution in [-0.2, 0) is 20.9 Å². The van der Waals surface area contributed by atoms with E-state index in [2.05, 4.69) is 66.2 Å². The number of nitrogens with two attached hydrogens (primary N) is 1. The molecule has 228 valence electrons. The summed E-state index contributed by atoms with van der Waals surface area (Å²) < 4.78 is 23.4. The van der Waals surface area contributed by atoms with Crippen LogP contribution in [0.2, 0.25) is 0 Å². The second kappa shape index (κ2) is 16.6. The van der Waals surface area contributed by atoms with Crippen LogP contribution >= 0.6 is 7.82 Å². The molecule has 39 heavy (non-hydrogen) atoms. The second-order valence-electron chi connectivity index (χ2n) is 8.93. The Kier molecular flexibility index (Phi) is 15.0. The Bertz CT molecular complexity index is 913. The first-order valence-electron chi connectivity index (χ1n) is 13.3. The lowest BCUT2D eigenvalue weighted by Gasteiger charge is -2.22. The molecule has 16 heteroatoms. The fraction of sp³-hybridized carbons (Fsp3) is 0.826. The van der Waals surface area contributed by atoms with E-state index in [1.165, 1.54) is 54.7 Å². The highest BCUT2D eigenvalue weighted by atomic mass is 31.2. The van der Waals surface area contributed by atoms with E-state index in [1.54, 1.807) is 7.05 Å². The molecule has 3 rings (SSSR count). The van der Waals surface area contributed by atoms with E-state index in [9.17, 15) is 19.9 Å². The standard InChI is InChI=1S/C11H18N5O8P.2C6H15N/c1-15-3-16(8-5(15)9(19)14-11(12)13-8)10-7(18)6(17)4(24-10)2-23-25(20,21)22;2*1-4-7(5-2)6-3/h3-4,6-7,9-10,17-18H,2H2,1H3,(H3,12,13,14)(H2,20,21,22);2*4-6H2,1-3H3/t4-,6-,7-,9?,10-;;/m1../s1. The molecule has 1 unspecified atom stereocenters. The summed E-state index contributed by atoms with van der Waals surface area (Å²) in [5.74, 6) is 0.129. The van der Waals surface area contributed by atoms with Gasteiger partial charge in [0, 0.05) is 6.23 Å². The van der Waals surface area contributed by atoms with Gasteiger partial charge >= 0.3 is 7.82 Å². The number of aliphatic hydroxyl groups excluding tert-OH is 2. The number of phosphoric ester groups is 1. The first-order chi connectivity index (χ1) is 18.3. The smallest absolute Gasteiger partial charge is 0.469 e. The molecule has 1 aromatic rings. The van der Waals surface area contributed by atoms with Crippen molar-refractivity contribution in [1.82, 2.24) is 14.4 Å². The Morgan fingerprint density at radius 3 is 1.97 bits per heavy atom. The quantitative estimate of drug-likeness (QED) is 0.143. The molecule has 0 amide bonds. The highest BCUT2D eigenvalue weighted by Crippen LogP contribution is 2.38. The summed E-state index contributed by atoms with van der Waals surface area (Å²) in [6.45, 7) is 19.6. The largest absolute Gasteiger partial charge is 0.829 e. The number of phosphoric acid groups is 1. The van der Waals surface area contributed by atoms with Crippen molar-refractivity contribution in [2.24, 2.45) is 17.8 Å². The number of aryl methyl sites for hydroxylation is 1. The van der Waals surface area contributed by atoms with Crippen LogP contribution in [0.4, 0.5) is 5.82 Å². The number of ether oxygens (including phenoxy) is 1. The number of nitrogens with one attached hydrogen (secondary N) is 1. The lowest BCUT2D eigenvalue weighted by atomic mass is 10.1. The number of anilines is 1. The van der Waals surface area contributed by atoms with Crippen molar-refractivity contribution in [2.45, 2.75) is 72.3 Å². The summed E-state index contributed by atoms with van der Waals surface area (Å²) >= 11 is 0. The van der Waals surface area contributed by atoms with E-state index >= 15 is 0 Å². The van der Waals surface area contributed by atoms with Gasteiger partial charge in [-0.2, -0.15) is 0 Å². The number of fused-ring (bicyclic) bond motifs is 1. The van der Waals surface area contributed by atoms with Gasteiger partial charge in [0.2, 0.25) is 6.23 Å². The average molecular weight is 582 g/mol. The summed E-state index contributed by atoms with van der Waals surface area (Å²) in [6, 6.07) is 0. The summed E-state index contributed by atoms with van der Waals surface area (Å²) in [4.78, 5) is 25.9. The van der Waals surface area contributed by atoms with E-state index in [1.807, 2.05) is 0 Å². The first kappa shape index (κ1) is 35.4. The number of guanidine groups is 1. The Hall–Kier alpha value is -1.65.